The number of hydrogen-bond donors (Lipinski definition) is 1. The molecule has 0 aliphatic carbocycles. The van der Waals surface area contributed by atoms with Crippen molar-refractivity contribution in [2.75, 3.05) is 13.1 Å². The van der Waals surface area contributed by atoms with Gasteiger partial charge in [-0.05, 0) is 18.6 Å². The lowest BCUT2D eigenvalue weighted by atomic mass is 10.1. The number of imidazole rings is 1. The fourth-order valence-electron chi connectivity index (χ4n) is 2.45. The molecule has 0 spiro atoms. The van der Waals surface area contributed by atoms with E-state index in [1.165, 1.54) is 11.1 Å². The average Bonchev–Trinajstić information content (AvgIpc) is 3.02. The van der Waals surface area contributed by atoms with Crippen LogP contribution in [0.1, 0.15) is 11.1 Å². The standard InChI is InChI=1S/C15H19N3O/c1-12-2-3-15-13(8-12)9-14(19-15)10-16-4-6-18-7-5-17-11-18/h2-3,5,7-8,11,14,16H,4,6,9-10H2,1H3. The van der Waals surface area contributed by atoms with Crippen LogP contribution in [0.3, 0.4) is 0 Å². The van der Waals surface area contributed by atoms with E-state index in [1.54, 1.807) is 6.20 Å². The molecule has 3 rings (SSSR count). The molecule has 0 bridgehead atoms. The summed E-state index contributed by atoms with van der Waals surface area (Å²) in [5.41, 5.74) is 2.64. The highest BCUT2D eigenvalue weighted by atomic mass is 16.5. The van der Waals surface area contributed by atoms with Crippen molar-refractivity contribution in [3.05, 3.63) is 48.0 Å². The molecular weight excluding hydrogens is 238 g/mol. The Balaban J connectivity index is 1.43. The van der Waals surface area contributed by atoms with Crippen molar-refractivity contribution in [3.8, 4) is 5.75 Å². The second kappa shape index (κ2) is 5.45. The van der Waals surface area contributed by atoms with Gasteiger partial charge in [-0.1, -0.05) is 17.7 Å². The third-order valence-corrected chi connectivity index (χ3v) is 3.44. The summed E-state index contributed by atoms with van der Waals surface area (Å²) in [7, 11) is 0. The minimum Gasteiger partial charge on any atom is -0.488 e. The Bertz CT molecular complexity index is 536. The van der Waals surface area contributed by atoms with Crippen LogP contribution in [-0.4, -0.2) is 28.7 Å². The summed E-state index contributed by atoms with van der Waals surface area (Å²) in [5.74, 6) is 1.05. The number of benzene rings is 1. The van der Waals surface area contributed by atoms with Crippen LogP contribution in [0.25, 0.3) is 0 Å². The van der Waals surface area contributed by atoms with Gasteiger partial charge in [0.2, 0.25) is 0 Å². The summed E-state index contributed by atoms with van der Waals surface area (Å²) >= 11 is 0. The van der Waals surface area contributed by atoms with Crippen molar-refractivity contribution in [1.29, 1.82) is 0 Å². The molecule has 0 amide bonds. The number of hydrogen-bond acceptors (Lipinski definition) is 3. The van der Waals surface area contributed by atoms with Gasteiger partial charge in [0.05, 0.1) is 6.33 Å². The fraction of sp³-hybridized carbons (Fsp3) is 0.400. The summed E-state index contributed by atoms with van der Waals surface area (Å²) in [6.07, 6.45) is 6.90. The lowest BCUT2D eigenvalue weighted by Gasteiger charge is -2.12. The normalized spacial score (nSPS) is 17.2. The number of nitrogens with one attached hydrogen (secondary N) is 1. The van der Waals surface area contributed by atoms with E-state index in [0.717, 1.165) is 31.8 Å². The van der Waals surface area contributed by atoms with Gasteiger partial charge in [0.1, 0.15) is 11.9 Å². The molecule has 2 aromatic rings. The quantitative estimate of drug-likeness (QED) is 0.830. The molecule has 1 unspecified atom stereocenters. The first-order valence-corrected chi connectivity index (χ1v) is 6.74. The smallest absolute Gasteiger partial charge is 0.123 e. The highest BCUT2D eigenvalue weighted by Crippen LogP contribution is 2.29. The first kappa shape index (κ1) is 12.2. The highest BCUT2D eigenvalue weighted by molar-refractivity contribution is 5.40. The number of aryl methyl sites for hydroxylation is 1. The molecular formula is C15H19N3O. The zero-order valence-electron chi connectivity index (χ0n) is 11.2. The van der Waals surface area contributed by atoms with Crippen molar-refractivity contribution >= 4 is 0 Å². The number of aromatic nitrogens is 2. The molecule has 0 saturated carbocycles. The van der Waals surface area contributed by atoms with Crippen LogP contribution in [0.15, 0.2) is 36.9 Å². The van der Waals surface area contributed by atoms with Crippen LogP contribution in [0.4, 0.5) is 0 Å². The van der Waals surface area contributed by atoms with E-state index in [4.69, 9.17) is 4.74 Å². The molecule has 1 N–H and O–H groups in total. The predicted octanol–water partition coefficient (Wildman–Crippen LogP) is 1.78. The SMILES string of the molecule is Cc1ccc2c(c1)CC(CNCCn1ccnc1)O2. The maximum absolute atomic E-state index is 5.92. The second-order valence-corrected chi connectivity index (χ2v) is 5.06. The van der Waals surface area contributed by atoms with Crippen molar-refractivity contribution in [3.63, 3.8) is 0 Å². The minimum atomic E-state index is 0.264. The summed E-state index contributed by atoms with van der Waals surface area (Å²) in [4.78, 5) is 4.02. The van der Waals surface area contributed by atoms with E-state index in [-0.39, 0.29) is 6.10 Å². The molecule has 1 aliphatic rings. The molecule has 0 saturated heterocycles. The molecule has 4 nitrogen and oxygen atoms in total. The van der Waals surface area contributed by atoms with Gasteiger partial charge < -0.3 is 14.6 Å². The van der Waals surface area contributed by atoms with E-state index in [2.05, 4.69) is 40.0 Å². The third-order valence-electron chi connectivity index (χ3n) is 3.44. The average molecular weight is 257 g/mol. The molecule has 1 aromatic heterocycles. The Morgan fingerprint density at radius 3 is 3.26 bits per heavy atom. The van der Waals surface area contributed by atoms with Crippen LogP contribution < -0.4 is 10.1 Å². The maximum atomic E-state index is 5.92. The van der Waals surface area contributed by atoms with E-state index in [0.29, 0.717) is 0 Å². The van der Waals surface area contributed by atoms with Crippen LogP contribution in [-0.2, 0) is 13.0 Å². The largest absolute Gasteiger partial charge is 0.488 e. The van der Waals surface area contributed by atoms with Gasteiger partial charge in [0.15, 0.2) is 0 Å². The van der Waals surface area contributed by atoms with Gasteiger partial charge in [0.25, 0.3) is 0 Å². The van der Waals surface area contributed by atoms with Crippen molar-refractivity contribution in [2.24, 2.45) is 0 Å². The van der Waals surface area contributed by atoms with E-state index >= 15 is 0 Å². The number of rotatable bonds is 5. The number of ether oxygens (including phenoxy) is 1. The van der Waals surface area contributed by atoms with Gasteiger partial charge in [-0.3, -0.25) is 0 Å². The lowest BCUT2D eigenvalue weighted by Crippen LogP contribution is -2.32. The first-order chi connectivity index (χ1) is 9.31. The van der Waals surface area contributed by atoms with Crippen LogP contribution in [0.5, 0.6) is 5.75 Å². The van der Waals surface area contributed by atoms with Gasteiger partial charge >= 0.3 is 0 Å². The minimum absolute atomic E-state index is 0.264. The Morgan fingerprint density at radius 1 is 1.47 bits per heavy atom. The summed E-state index contributed by atoms with van der Waals surface area (Å²) < 4.78 is 7.99. The molecule has 0 fully saturated rings. The molecule has 2 heterocycles. The van der Waals surface area contributed by atoms with Crippen LogP contribution in [0, 0.1) is 6.92 Å². The van der Waals surface area contributed by atoms with E-state index in [1.807, 2.05) is 12.5 Å². The van der Waals surface area contributed by atoms with Gasteiger partial charge in [-0.25, -0.2) is 4.98 Å². The maximum Gasteiger partial charge on any atom is 0.123 e. The van der Waals surface area contributed by atoms with Crippen molar-refractivity contribution < 1.29 is 4.74 Å². The lowest BCUT2D eigenvalue weighted by molar-refractivity contribution is 0.227. The Kier molecular flexibility index (Phi) is 3.51. The predicted molar refractivity (Wildman–Crippen MR) is 74.4 cm³/mol. The Morgan fingerprint density at radius 2 is 2.42 bits per heavy atom. The summed E-state index contributed by atoms with van der Waals surface area (Å²) in [5, 5.41) is 3.44. The van der Waals surface area contributed by atoms with Gasteiger partial charge in [-0.15, -0.1) is 0 Å². The van der Waals surface area contributed by atoms with Gasteiger partial charge in [-0.2, -0.15) is 0 Å². The molecule has 1 aliphatic heterocycles. The molecule has 0 radical (unpaired) electrons. The number of fused-ring (bicyclic) bond motifs is 1. The summed E-state index contributed by atoms with van der Waals surface area (Å²) in [6.45, 7) is 4.89. The fourth-order valence-corrected chi connectivity index (χ4v) is 2.45. The van der Waals surface area contributed by atoms with Crippen LogP contribution in [0.2, 0.25) is 0 Å². The Labute approximate surface area is 113 Å². The van der Waals surface area contributed by atoms with E-state index < -0.39 is 0 Å². The van der Waals surface area contributed by atoms with Crippen molar-refractivity contribution in [1.82, 2.24) is 14.9 Å². The van der Waals surface area contributed by atoms with Crippen LogP contribution >= 0.6 is 0 Å². The van der Waals surface area contributed by atoms with Gasteiger partial charge in [0, 0.05) is 38.4 Å². The Hall–Kier alpha value is -1.81. The van der Waals surface area contributed by atoms with Crippen molar-refractivity contribution in [2.45, 2.75) is 26.0 Å². The van der Waals surface area contributed by atoms with E-state index in [9.17, 15) is 0 Å². The second-order valence-electron chi connectivity index (χ2n) is 5.06. The monoisotopic (exact) mass is 257 g/mol. The first-order valence-electron chi connectivity index (χ1n) is 6.74. The third kappa shape index (κ3) is 2.96. The molecule has 4 heteroatoms. The zero-order valence-corrected chi connectivity index (χ0v) is 11.2. The molecule has 19 heavy (non-hydrogen) atoms. The molecule has 100 valence electrons. The topological polar surface area (TPSA) is 39.1 Å². The zero-order chi connectivity index (χ0) is 13.1. The highest BCUT2D eigenvalue weighted by Gasteiger charge is 2.21. The number of nitrogens with zero attached hydrogens (tertiary/aromatic N) is 2. The molecule has 1 atom stereocenters. The molecule has 1 aromatic carbocycles. The summed E-state index contributed by atoms with van der Waals surface area (Å²) in [6, 6.07) is 6.41.